The van der Waals surface area contributed by atoms with Crippen molar-refractivity contribution in [3.8, 4) is 0 Å². The third kappa shape index (κ3) is 2.85. The number of nitrogens with one attached hydrogen (secondary N) is 1. The van der Waals surface area contributed by atoms with Gasteiger partial charge in [0.15, 0.2) is 0 Å². The van der Waals surface area contributed by atoms with Gasteiger partial charge in [0, 0.05) is 12.7 Å². The number of hydrogen-bond donors (Lipinski definition) is 1. The standard InChI is InChI=1S/C10H11ClN2O/c1-2-3-6-13-10(14)8-5-4-7-12-9(8)11/h2,4-5,7H,1,3,6H2,(H,13,14). The van der Waals surface area contributed by atoms with Gasteiger partial charge in [-0.1, -0.05) is 17.7 Å². The Labute approximate surface area is 87.8 Å². The van der Waals surface area contributed by atoms with Crippen molar-refractivity contribution in [2.75, 3.05) is 6.54 Å². The van der Waals surface area contributed by atoms with Crippen LogP contribution in [0.4, 0.5) is 0 Å². The molecule has 14 heavy (non-hydrogen) atoms. The van der Waals surface area contributed by atoms with E-state index < -0.39 is 0 Å². The minimum absolute atomic E-state index is 0.204. The smallest absolute Gasteiger partial charge is 0.254 e. The fourth-order valence-corrected chi connectivity index (χ4v) is 1.14. The number of amides is 1. The lowest BCUT2D eigenvalue weighted by Crippen LogP contribution is -2.24. The predicted molar refractivity (Wildman–Crippen MR) is 56.4 cm³/mol. The topological polar surface area (TPSA) is 42.0 Å². The third-order valence-corrected chi connectivity index (χ3v) is 1.94. The van der Waals surface area contributed by atoms with Crippen LogP contribution in [0.15, 0.2) is 31.0 Å². The monoisotopic (exact) mass is 210 g/mol. The van der Waals surface area contributed by atoms with Gasteiger partial charge in [-0.25, -0.2) is 4.98 Å². The van der Waals surface area contributed by atoms with Crippen LogP contribution in [0.3, 0.4) is 0 Å². The number of halogens is 1. The summed E-state index contributed by atoms with van der Waals surface area (Å²) in [6, 6.07) is 3.31. The van der Waals surface area contributed by atoms with Gasteiger partial charge in [0.25, 0.3) is 5.91 Å². The Balaban J connectivity index is 2.60. The van der Waals surface area contributed by atoms with Gasteiger partial charge >= 0.3 is 0 Å². The van der Waals surface area contributed by atoms with Crippen molar-refractivity contribution < 1.29 is 4.79 Å². The second-order valence-corrected chi connectivity index (χ2v) is 3.03. The average molecular weight is 211 g/mol. The van der Waals surface area contributed by atoms with Gasteiger partial charge < -0.3 is 5.32 Å². The molecule has 0 aromatic carbocycles. The molecule has 1 rings (SSSR count). The number of nitrogens with zero attached hydrogens (tertiary/aromatic N) is 1. The second-order valence-electron chi connectivity index (χ2n) is 2.68. The van der Waals surface area contributed by atoms with Crippen molar-refractivity contribution >= 4 is 17.5 Å². The van der Waals surface area contributed by atoms with Crippen molar-refractivity contribution in [2.24, 2.45) is 0 Å². The van der Waals surface area contributed by atoms with Crippen molar-refractivity contribution in [1.82, 2.24) is 10.3 Å². The Morgan fingerprint density at radius 2 is 2.50 bits per heavy atom. The van der Waals surface area contributed by atoms with Crippen molar-refractivity contribution in [3.05, 3.63) is 41.7 Å². The molecule has 0 spiro atoms. The van der Waals surface area contributed by atoms with E-state index in [2.05, 4.69) is 16.9 Å². The fraction of sp³-hybridized carbons (Fsp3) is 0.200. The maximum Gasteiger partial charge on any atom is 0.254 e. The molecule has 0 aliphatic heterocycles. The van der Waals surface area contributed by atoms with E-state index in [0.29, 0.717) is 12.1 Å². The quantitative estimate of drug-likeness (QED) is 0.470. The molecule has 0 saturated heterocycles. The van der Waals surface area contributed by atoms with E-state index in [-0.39, 0.29) is 11.1 Å². The lowest BCUT2D eigenvalue weighted by Gasteiger charge is -2.03. The number of hydrogen-bond acceptors (Lipinski definition) is 2. The molecule has 0 aliphatic rings. The van der Waals surface area contributed by atoms with E-state index in [1.54, 1.807) is 24.4 Å². The maximum atomic E-state index is 11.5. The number of aromatic nitrogens is 1. The van der Waals surface area contributed by atoms with Crippen molar-refractivity contribution in [2.45, 2.75) is 6.42 Å². The van der Waals surface area contributed by atoms with Crippen LogP contribution in [0.25, 0.3) is 0 Å². The Morgan fingerprint density at radius 3 is 3.14 bits per heavy atom. The van der Waals surface area contributed by atoms with Gasteiger partial charge in [0.1, 0.15) is 5.15 Å². The summed E-state index contributed by atoms with van der Waals surface area (Å²) >= 11 is 5.74. The molecule has 0 unspecified atom stereocenters. The van der Waals surface area contributed by atoms with Gasteiger partial charge in [-0.05, 0) is 18.6 Å². The van der Waals surface area contributed by atoms with Gasteiger partial charge in [0.05, 0.1) is 5.56 Å². The molecule has 0 atom stereocenters. The minimum atomic E-state index is -0.204. The largest absolute Gasteiger partial charge is 0.352 e. The zero-order valence-corrected chi connectivity index (χ0v) is 8.42. The molecule has 0 radical (unpaired) electrons. The van der Waals surface area contributed by atoms with Gasteiger partial charge in [0.2, 0.25) is 0 Å². The van der Waals surface area contributed by atoms with Crippen LogP contribution in [0.1, 0.15) is 16.8 Å². The van der Waals surface area contributed by atoms with Crippen LogP contribution in [0.2, 0.25) is 5.15 Å². The predicted octanol–water partition coefficient (Wildman–Crippen LogP) is 2.04. The number of carbonyl (C=O) groups excluding carboxylic acids is 1. The normalized spacial score (nSPS) is 9.50. The number of rotatable bonds is 4. The summed E-state index contributed by atoms with van der Waals surface area (Å²) in [6.07, 6.45) is 4.03. The van der Waals surface area contributed by atoms with Gasteiger partial charge in [-0.15, -0.1) is 6.58 Å². The highest BCUT2D eigenvalue weighted by Gasteiger charge is 2.08. The van der Waals surface area contributed by atoms with Crippen LogP contribution in [0, 0.1) is 0 Å². The number of pyridine rings is 1. The second kappa shape index (κ2) is 5.40. The molecule has 3 nitrogen and oxygen atoms in total. The minimum Gasteiger partial charge on any atom is -0.352 e. The van der Waals surface area contributed by atoms with Gasteiger partial charge in [-0.3, -0.25) is 4.79 Å². The third-order valence-electron chi connectivity index (χ3n) is 1.64. The Bertz CT molecular complexity index is 339. The van der Waals surface area contributed by atoms with E-state index >= 15 is 0 Å². The highest BCUT2D eigenvalue weighted by molar-refractivity contribution is 6.32. The van der Waals surface area contributed by atoms with E-state index in [9.17, 15) is 4.79 Å². The van der Waals surface area contributed by atoms with Crippen LogP contribution in [-0.2, 0) is 0 Å². The van der Waals surface area contributed by atoms with Crippen molar-refractivity contribution in [3.63, 3.8) is 0 Å². The molecule has 1 heterocycles. The highest BCUT2D eigenvalue weighted by atomic mass is 35.5. The summed E-state index contributed by atoms with van der Waals surface area (Å²) < 4.78 is 0. The molecule has 0 saturated carbocycles. The molecular weight excluding hydrogens is 200 g/mol. The van der Waals surface area contributed by atoms with Crippen LogP contribution in [0.5, 0.6) is 0 Å². The lowest BCUT2D eigenvalue weighted by atomic mass is 10.2. The van der Waals surface area contributed by atoms with E-state index in [1.165, 1.54) is 0 Å². The fourth-order valence-electron chi connectivity index (χ4n) is 0.938. The first-order valence-electron chi connectivity index (χ1n) is 4.25. The van der Waals surface area contributed by atoms with E-state index in [0.717, 1.165) is 6.42 Å². The SMILES string of the molecule is C=CCCNC(=O)c1cccnc1Cl. The van der Waals surface area contributed by atoms with E-state index in [1.807, 2.05) is 0 Å². The molecule has 0 aliphatic carbocycles. The summed E-state index contributed by atoms with van der Waals surface area (Å²) in [4.78, 5) is 15.3. The first-order chi connectivity index (χ1) is 6.75. The first-order valence-corrected chi connectivity index (χ1v) is 4.63. The molecule has 4 heteroatoms. The highest BCUT2D eigenvalue weighted by Crippen LogP contribution is 2.10. The zero-order chi connectivity index (χ0) is 10.4. The van der Waals surface area contributed by atoms with Gasteiger partial charge in [-0.2, -0.15) is 0 Å². The Hall–Kier alpha value is -1.35. The van der Waals surface area contributed by atoms with Crippen LogP contribution < -0.4 is 5.32 Å². The molecule has 1 amide bonds. The molecule has 0 fully saturated rings. The lowest BCUT2D eigenvalue weighted by molar-refractivity contribution is 0.0954. The van der Waals surface area contributed by atoms with Crippen LogP contribution >= 0.6 is 11.6 Å². The molecular formula is C10H11ClN2O. The Morgan fingerprint density at radius 1 is 1.71 bits per heavy atom. The van der Waals surface area contributed by atoms with Crippen molar-refractivity contribution in [1.29, 1.82) is 0 Å². The molecule has 1 aromatic rings. The zero-order valence-electron chi connectivity index (χ0n) is 7.66. The summed E-state index contributed by atoms with van der Waals surface area (Å²) in [5, 5.41) is 2.93. The first kappa shape index (κ1) is 10.7. The molecule has 74 valence electrons. The summed E-state index contributed by atoms with van der Waals surface area (Å²) in [5.74, 6) is -0.204. The average Bonchev–Trinajstić information content (AvgIpc) is 2.18. The summed E-state index contributed by atoms with van der Waals surface area (Å²) in [6.45, 7) is 4.12. The molecule has 1 N–H and O–H groups in total. The van der Waals surface area contributed by atoms with E-state index in [4.69, 9.17) is 11.6 Å². The maximum absolute atomic E-state index is 11.5. The summed E-state index contributed by atoms with van der Waals surface area (Å²) in [5.41, 5.74) is 0.401. The number of carbonyl (C=O) groups is 1. The molecule has 1 aromatic heterocycles. The molecule has 0 bridgehead atoms. The van der Waals surface area contributed by atoms with Crippen LogP contribution in [-0.4, -0.2) is 17.4 Å². The summed E-state index contributed by atoms with van der Waals surface area (Å²) in [7, 11) is 0. The Kier molecular flexibility index (Phi) is 4.13.